The van der Waals surface area contributed by atoms with Gasteiger partial charge in [-0.1, -0.05) is 0 Å². The van der Waals surface area contributed by atoms with Crippen molar-refractivity contribution in [1.82, 2.24) is 5.32 Å². The van der Waals surface area contributed by atoms with E-state index >= 15 is 0 Å². The number of ketones is 2. The van der Waals surface area contributed by atoms with Crippen molar-refractivity contribution in [2.45, 2.75) is 25.8 Å². The van der Waals surface area contributed by atoms with Gasteiger partial charge in [0.15, 0.2) is 5.78 Å². The quantitative estimate of drug-likeness (QED) is 0.515. The van der Waals surface area contributed by atoms with Crippen molar-refractivity contribution >= 4 is 17.5 Å². The lowest BCUT2D eigenvalue weighted by Crippen LogP contribution is -2.35. The summed E-state index contributed by atoms with van der Waals surface area (Å²) < 4.78 is 0. The zero-order chi connectivity index (χ0) is 8.43. The second-order valence-electron chi connectivity index (χ2n) is 2.64. The van der Waals surface area contributed by atoms with Crippen LogP contribution in [0.5, 0.6) is 0 Å². The summed E-state index contributed by atoms with van der Waals surface area (Å²) in [5.41, 5.74) is 0. The van der Waals surface area contributed by atoms with Crippen molar-refractivity contribution in [3.63, 3.8) is 0 Å². The molecule has 0 bridgehead atoms. The lowest BCUT2D eigenvalue weighted by molar-refractivity contribution is -0.125. The molecule has 60 valence electrons. The molecule has 1 aliphatic carbocycles. The van der Waals surface area contributed by atoms with Gasteiger partial charge in [0.05, 0.1) is 12.5 Å². The number of Topliss-reactive ketones (excluding diaryl/α,β-unsaturated/α-hetero) is 2. The Labute approximate surface area is 64.0 Å². The number of hydrogen-bond acceptors (Lipinski definition) is 3. The third-order valence-electron chi connectivity index (χ3n) is 1.57. The van der Waals surface area contributed by atoms with E-state index in [2.05, 4.69) is 5.32 Å². The molecule has 1 aliphatic rings. The summed E-state index contributed by atoms with van der Waals surface area (Å²) in [6.45, 7) is 1.33. The maximum Gasteiger partial charge on any atom is 0.217 e. The Hall–Kier alpha value is -1.19. The number of rotatable bonds is 1. The van der Waals surface area contributed by atoms with E-state index in [1.165, 1.54) is 6.92 Å². The molecule has 0 aliphatic heterocycles. The lowest BCUT2D eigenvalue weighted by atomic mass is 10.2. The largest absolute Gasteiger partial charge is 0.346 e. The zero-order valence-corrected chi connectivity index (χ0v) is 6.22. The molecule has 1 fully saturated rings. The van der Waals surface area contributed by atoms with Crippen LogP contribution in [0.3, 0.4) is 0 Å². The molecule has 11 heavy (non-hydrogen) atoms. The minimum absolute atomic E-state index is 0.0229. The van der Waals surface area contributed by atoms with Gasteiger partial charge >= 0.3 is 0 Å². The third kappa shape index (κ3) is 1.86. The van der Waals surface area contributed by atoms with E-state index in [0.29, 0.717) is 0 Å². The maximum atomic E-state index is 10.9. The van der Waals surface area contributed by atoms with Gasteiger partial charge < -0.3 is 5.32 Å². The molecule has 1 unspecified atom stereocenters. The minimum Gasteiger partial charge on any atom is -0.346 e. The normalized spacial score (nSPS) is 23.9. The van der Waals surface area contributed by atoms with Crippen molar-refractivity contribution in [3.05, 3.63) is 0 Å². The Balaban J connectivity index is 2.53. The van der Waals surface area contributed by atoms with E-state index in [1.807, 2.05) is 0 Å². The Bertz CT molecular complexity index is 222. The monoisotopic (exact) mass is 155 g/mol. The topological polar surface area (TPSA) is 63.2 Å². The van der Waals surface area contributed by atoms with Crippen molar-refractivity contribution in [2.75, 3.05) is 0 Å². The predicted octanol–water partition coefficient (Wildman–Crippen LogP) is -0.577. The molecular formula is C7H9NO3. The molecule has 0 aromatic rings. The van der Waals surface area contributed by atoms with Gasteiger partial charge in [0, 0.05) is 13.3 Å². The molecule has 0 aromatic heterocycles. The molecule has 0 saturated heterocycles. The Kier molecular flexibility index (Phi) is 2.03. The summed E-state index contributed by atoms with van der Waals surface area (Å²) in [6.07, 6.45) is 0.142. The van der Waals surface area contributed by atoms with Crippen LogP contribution < -0.4 is 5.32 Å². The smallest absolute Gasteiger partial charge is 0.217 e. The molecule has 1 saturated carbocycles. The number of nitrogens with one attached hydrogen (secondary N) is 1. The van der Waals surface area contributed by atoms with Gasteiger partial charge in [-0.25, -0.2) is 0 Å². The third-order valence-corrected chi connectivity index (χ3v) is 1.57. The summed E-state index contributed by atoms with van der Waals surface area (Å²) in [5.74, 6) is -0.531. The van der Waals surface area contributed by atoms with E-state index < -0.39 is 6.04 Å². The van der Waals surface area contributed by atoms with Gasteiger partial charge in [0.1, 0.15) is 5.78 Å². The van der Waals surface area contributed by atoms with Crippen LogP contribution in [0, 0.1) is 0 Å². The van der Waals surface area contributed by atoms with Crippen LogP contribution in [-0.4, -0.2) is 23.5 Å². The van der Waals surface area contributed by atoms with Crippen LogP contribution in [0.1, 0.15) is 19.8 Å². The fraction of sp³-hybridized carbons (Fsp3) is 0.571. The fourth-order valence-electron chi connectivity index (χ4n) is 1.11. The molecule has 0 heterocycles. The first-order valence-electron chi connectivity index (χ1n) is 3.41. The summed E-state index contributed by atoms with van der Waals surface area (Å²) in [5, 5.41) is 2.41. The average molecular weight is 155 g/mol. The molecular weight excluding hydrogens is 146 g/mol. The lowest BCUT2D eigenvalue weighted by Gasteiger charge is -2.05. The molecule has 0 aromatic carbocycles. The highest BCUT2D eigenvalue weighted by Gasteiger charge is 2.30. The maximum absolute atomic E-state index is 10.9. The molecule has 4 heteroatoms. The van der Waals surface area contributed by atoms with E-state index in [1.54, 1.807) is 0 Å². The van der Waals surface area contributed by atoms with Gasteiger partial charge in [0.25, 0.3) is 0 Å². The molecule has 0 radical (unpaired) electrons. The number of hydrogen-bond donors (Lipinski definition) is 1. The van der Waals surface area contributed by atoms with E-state index in [-0.39, 0.29) is 30.3 Å². The van der Waals surface area contributed by atoms with E-state index in [9.17, 15) is 14.4 Å². The van der Waals surface area contributed by atoms with E-state index in [0.717, 1.165) is 0 Å². The molecule has 1 amide bonds. The molecule has 1 N–H and O–H groups in total. The summed E-state index contributed by atoms with van der Waals surface area (Å²) in [7, 11) is 0. The van der Waals surface area contributed by atoms with Crippen molar-refractivity contribution in [3.8, 4) is 0 Å². The van der Waals surface area contributed by atoms with Crippen LogP contribution in [0.2, 0.25) is 0 Å². The molecule has 1 atom stereocenters. The highest BCUT2D eigenvalue weighted by atomic mass is 16.2. The average Bonchev–Trinajstić information content (AvgIpc) is 2.09. The standard InChI is InChI=1S/C7H9NO3/c1-4(9)8-6-2-5(10)3-7(6)11/h6H,2-3H2,1H3,(H,8,9). The second-order valence-corrected chi connectivity index (χ2v) is 2.64. The molecule has 1 rings (SSSR count). The zero-order valence-electron chi connectivity index (χ0n) is 6.22. The fourth-order valence-corrected chi connectivity index (χ4v) is 1.11. The Morgan fingerprint density at radius 2 is 2.18 bits per heavy atom. The van der Waals surface area contributed by atoms with Crippen LogP contribution >= 0.6 is 0 Å². The van der Waals surface area contributed by atoms with Gasteiger partial charge in [-0.15, -0.1) is 0 Å². The summed E-state index contributed by atoms with van der Waals surface area (Å²) in [4.78, 5) is 32.0. The van der Waals surface area contributed by atoms with Crippen molar-refractivity contribution < 1.29 is 14.4 Å². The van der Waals surface area contributed by atoms with Crippen molar-refractivity contribution in [2.24, 2.45) is 0 Å². The van der Waals surface area contributed by atoms with E-state index in [4.69, 9.17) is 0 Å². The summed E-state index contributed by atoms with van der Waals surface area (Å²) in [6, 6.07) is -0.556. The molecule has 0 spiro atoms. The Morgan fingerprint density at radius 1 is 1.55 bits per heavy atom. The second kappa shape index (κ2) is 2.82. The minimum atomic E-state index is -0.556. The van der Waals surface area contributed by atoms with Gasteiger partial charge in [-0.2, -0.15) is 0 Å². The van der Waals surface area contributed by atoms with Crippen LogP contribution in [0.25, 0.3) is 0 Å². The Morgan fingerprint density at radius 3 is 2.55 bits per heavy atom. The van der Waals surface area contributed by atoms with Gasteiger partial charge in [-0.05, 0) is 0 Å². The highest BCUT2D eigenvalue weighted by Crippen LogP contribution is 2.10. The number of amides is 1. The van der Waals surface area contributed by atoms with Crippen LogP contribution in [-0.2, 0) is 14.4 Å². The SMILES string of the molecule is CC(=O)NC1CC(=O)CC1=O. The first-order valence-corrected chi connectivity index (χ1v) is 3.41. The number of carbonyl (C=O) groups excluding carboxylic acids is 3. The number of carbonyl (C=O) groups is 3. The molecule has 4 nitrogen and oxygen atoms in total. The van der Waals surface area contributed by atoms with Crippen LogP contribution in [0.15, 0.2) is 0 Å². The van der Waals surface area contributed by atoms with Crippen molar-refractivity contribution in [1.29, 1.82) is 0 Å². The van der Waals surface area contributed by atoms with Gasteiger partial charge in [0.2, 0.25) is 5.91 Å². The first kappa shape index (κ1) is 7.91. The summed E-state index contributed by atoms with van der Waals surface area (Å²) >= 11 is 0. The first-order chi connectivity index (χ1) is 5.09. The van der Waals surface area contributed by atoms with Gasteiger partial charge in [-0.3, -0.25) is 14.4 Å². The predicted molar refractivity (Wildman–Crippen MR) is 36.9 cm³/mol. The highest BCUT2D eigenvalue weighted by molar-refractivity contribution is 6.09. The van der Waals surface area contributed by atoms with Crippen LogP contribution in [0.4, 0.5) is 0 Å².